The number of anilines is 2. The van der Waals surface area contributed by atoms with E-state index in [1.807, 2.05) is 51.3 Å². The molecule has 0 fully saturated rings. The fourth-order valence-corrected chi connectivity index (χ4v) is 4.31. The molecule has 2 aromatic carbocycles. The monoisotopic (exact) mass is 446 g/mol. The maximum absolute atomic E-state index is 13.6. The summed E-state index contributed by atoms with van der Waals surface area (Å²) in [7, 11) is 0. The number of fused-ring (bicyclic) bond motifs is 1. The number of thioether (sulfide) groups is 1. The first-order chi connectivity index (χ1) is 14.3. The van der Waals surface area contributed by atoms with E-state index in [4.69, 9.17) is 16.3 Å². The van der Waals surface area contributed by atoms with E-state index in [9.17, 15) is 9.59 Å². The number of aryl methyl sites for hydroxylation is 2. The van der Waals surface area contributed by atoms with Crippen LogP contribution < -0.4 is 9.80 Å². The third-order valence-corrected chi connectivity index (χ3v) is 6.54. The Hall–Kier alpha value is -2.18. The summed E-state index contributed by atoms with van der Waals surface area (Å²) in [5.74, 6) is -0.164. The molecule has 30 heavy (non-hydrogen) atoms. The molecule has 2 amide bonds. The largest absolute Gasteiger partial charge is 0.449 e. The Morgan fingerprint density at radius 1 is 1.13 bits per heavy atom. The standard InChI is InChI=1S/C23H27ClN2O3S/c1-6-16-13-25(22(27)18-12-17(30-5)8-9-19(18)24)20-10-14(3)15(4)11-21(20)26(16)23(28)29-7-2/h8-12,16H,6-7,13H2,1-5H3. The van der Waals surface area contributed by atoms with Crippen LogP contribution in [0.5, 0.6) is 0 Å². The van der Waals surface area contributed by atoms with Crippen molar-refractivity contribution in [1.82, 2.24) is 0 Å². The SMILES string of the molecule is CCOC(=O)N1c2cc(C)c(C)cc2N(C(=O)c2cc(SC)ccc2Cl)CC1CC. The van der Waals surface area contributed by atoms with E-state index >= 15 is 0 Å². The van der Waals surface area contributed by atoms with Crippen molar-refractivity contribution in [2.45, 2.75) is 45.1 Å². The smallest absolute Gasteiger partial charge is 0.414 e. The van der Waals surface area contributed by atoms with Crippen molar-refractivity contribution >= 4 is 46.7 Å². The molecule has 160 valence electrons. The van der Waals surface area contributed by atoms with Crippen molar-refractivity contribution in [2.24, 2.45) is 0 Å². The zero-order chi connectivity index (χ0) is 22.0. The molecule has 7 heteroatoms. The van der Waals surface area contributed by atoms with Gasteiger partial charge in [-0.1, -0.05) is 18.5 Å². The second-order valence-electron chi connectivity index (χ2n) is 7.32. The number of halogens is 1. The number of benzene rings is 2. The Morgan fingerprint density at radius 2 is 1.80 bits per heavy atom. The molecule has 5 nitrogen and oxygen atoms in total. The lowest BCUT2D eigenvalue weighted by atomic mass is 9.99. The van der Waals surface area contributed by atoms with Crippen molar-refractivity contribution in [2.75, 3.05) is 29.2 Å². The van der Waals surface area contributed by atoms with Gasteiger partial charge < -0.3 is 9.64 Å². The molecule has 0 saturated carbocycles. The summed E-state index contributed by atoms with van der Waals surface area (Å²) in [6, 6.07) is 9.23. The quantitative estimate of drug-likeness (QED) is 0.534. The third-order valence-electron chi connectivity index (χ3n) is 5.48. The molecule has 0 aliphatic carbocycles. The van der Waals surface area contributed by atoms with E-state index in [1.165, 1.54) is 0 Å². The number of carbonyl (C=O) groups is 2. The van der Waals surface area contributed by atoms with E-state index in [0.717, 1.165) is 16.0 Å². The molecule has 1 heterocycles. The van der Waals surface area contributed by atoms with Crippen LogP contribution in [-0.4, -0.2) is 37.4 Å². The van der Waals surface area contributed by atoms with Crippen molar-refractivity contribution < 1.29 is 14.3 Å². The van der Waals surface area contributed by atoms with Crippen LogP contribution in [0.25, 0.3) is 0 Å². The predicted molar refractivity (Wildman–Crippen MR) is 124 cm³/mol. The first-order valence-electron chi connectivity index (χ1n) is 10.0. The number of hydrogen-bond acceptors (Lipinski definition) is 4. The molecule has 0 bridgehead atoms. The normalized spacial score (nSPS) is 15.7. The Kier molecular flexibility index (Phi) is 6.98. The molecule has 0 aromatic heterocycles. The highest BCUT2D eigenvalue weighted by Gasteiger charge is 2.38. The minimum Gasteiger partial charge on any atom is -0.449 e. The van der Waals surface area contributed by atoms with Gasteiger partial charge in [-0.25, -0.2) is 4.79 Å². The summed E-state index contributed by atoms with van der Waals surface area (Å²) in [6.07, 6.45) is 2.26. The van der Waals surface area contributed by atoms with Gasteiger partial charge in [-0.05, 0) is 74.9 Å². The zero-order valence-electron chi connectivity index (χ0n) is 18.0. The van der Waals surface area contributed by atoms with Gasteiger partial charge in [-0.2, -0.15) is 0 Å². The highest BCUT2D eigenvalue weighted by molar-refractivity contribution is 7.98. The lowest BCUT2D eigenvalue weighted by Gasteiger charge is -2.42. The van der Waals surface area contributed by atoms with Crippen molar-refractivity contribution in [1.29, 1.82) is 0 Å². The van der Waals surface area contributed by atoms with Gasteiger partial charge in [0.05, 0.1) is 34.6 Å². The van der Waals surface area contributed by atoms with Gasteiger partial charge in [0.2, 0.25) is 0 Å². The second kappa shape index (κ2) is 9.31. The molecule has 1 unspecified atom stereocenters. The fourth-order valence-electron chi connectivity index (χ4n) is 3.67. The van der Waals surface area contributed by atoms with Crippen LogP contribution in [0.4, 0.5) is 16.2 Å². The first kappa shape index (κ1) is 22.5. The van der Waals surface area contributed by atoms with Crippen LogP contribution in [0.1, 0.15) is 41.8 Å². The summed E-state index contributed by atoms with van der Waals surface area (Å²) >= 11 is 7.96. The molecule has 1 aliphatic rings. The summed E-state index contributed by atoms with van der Waals surface area (Å²) < 4.78 is 5.33. The third kappa shape index (κ3) is 4.16. The summed E-state index contributed by atoms with van der Waals surface area (Å²) in [6.45, 7) is 8.47. The Bertz CT molecular complexity index is 979. The van der Waals surface area contributed by atoms with Crippen molar-refractivity contribution in [3.8, 4) is 0 Å². The molecule has 0 spiro atoms. The molecule has 0 N–H and O–H groups in total. The van der Waals surface area contributed by atoms with Gasteiger partial charge in [-0.15, -0.1) is 11.8 Å². The molecule has 0 radical (unpaired) electrons. The lowest BCUT2D eigenvalue weighted by molar-refractivity contribution is 0.0981. The van der Waals surface area contributed by atoms with E-state index in [0.29, 0.717) is 41.5 Å². The van der Waals surface area contributed by atoms with Gasteiger partial charge in [0.1, 0.15) is 0 Å². The maximum atomic E-state index is 13.6. The second-order valence-corrected chi connectivity index (χ2v) is 8.60. The summed E-state index contributed by atoms with van der Waals surface area (Å²) in [5, 5.41) is 0.420. The predicted octanol–water partition coefficient (Wildman–Crippen LogP) is 6.08. The molecule has 3 rings (SSSR count). The number of ether oxygens (including phenoxy) is 1. The number of rotatable bonds is 4. The number of nitrogens with zero attached hydrogens (tertiary/aromatic N) is 2. The Labute approximate surface area is 187 Å². The average Bonchev–Trinajstić information content (AvgIpc) is 2.73. The van der Waals surface area contributed by atoms with Gasteiger partial charge in [0.25, 0.3) is 5.91 Å². The van der Waals surface area contributed by atoms with E-state index in [2.05, 4.69) is 0 Å². The summed E-state index contributed by atoms with van der Waals surface area (Å²) in [5.41, 5.74) is 3.96. The number of hydrogen-bond donors (Lipinski definition) is 0. The van der Waals surface area contributed by atoms with Crippen LogP contribution in [0, 0.1) is 13.8 Å². The molecular formula is C23H27ClN2O3S. The minimum atomic E-state index is -0.386. The van der Waals surface area contributed by atoms with Crippen LogP contribution in [0.3, 0.4) is 0 Å². The number of carbonyl (C=O) groups excluding carboxylic acids is 2. The molecule has 1 aliphatic heterocycles. The zero-order valence-corrected chi connectivity index (χ0v) is 19.6. The van der Waals surface area contributed by atoms with Crippen LogP contribution >= 0.6 is 23.4 Å². The fraction of sp³-hybridized carbons (Fsp3) is 0.391. The van der Waals surface area contributed by atoms with Gasteiger partial charge >= 0.3 is 6.09 Å². The highest BCUT2D eigenvalue weighted by Crippen LogP contribution is 2.40. The molecule has 1 atom stereocenters. The molecular weight excluding hydrogens is 420 g/mol. The molecule has 2 aromatic rings. The number of amides is 2. The minimum absolute atomic E-state index is 0.164. The highest BCUT2D eigenvalue weighted by atomic mass is 35.5. The topological polar surface area (TPSA) is 49.9 Å². The van der Waals surface area contributed by atoms with Crippen molar-refractivity contribution in [3.05, 3.63) is 52.0 Å². The van der Waals surface area contributed by atoms with Crippen LogP contribution in [0.15, 0.2) is 35.2 Å². The summed E-state index contributed by atoms with van der Waals surface area (Å²) in [4.78, 5) is 30.8. The van der Waals surface area contributed by atoms with E-state index in [-0.39, 0.29) is 18.0 Å². The first-order valence-corrected chi connectivity index (χ1v) is 11.6. The van der Waals surface area contributed by atoms with Crippen LogP contribution in [-0.2, 0) is 4.74 Å². The van der Waals surface area contributed by atoms with Crippen LogP contribution in [0.2, 0.25) is 5.02 Å². The van der Waals surface area contributed by atoms with E-state index < -0.39 is 0 Å². The Balaban J connectivity index is 2.15. The average molecular weight is 447 g/mol. The van der Waals surface area contributed by atoms with Crippen molar-refractivity contribution in [3.63, 3.8) is 0 Å². The maximum Gasteiger partial charge on any atom is 0.414 e. The van der Waals surface area contributed by atoms with E-state index in [1.54, 1.807) is 34.6 Å². The van der Waals surface area contributed by atoms with Gasteiger partial charge in [0, 0.05) is 11.4 Å². The Morgan fingerprint density at radius 3 is 2.40 bits per heavy atom. The van der Waals surface area contributed by atoms with Gasteiger partial charge in [-0.3, -0.25) is 9.69 Å². The van der Waals surface area contributed by atoms with Gasteiger partial charge in [0.15, 0.2) is 0 Å². The lowest BCUT2D eigenvalue weighted by Crippen LogP contribution is -2.53. The molecule has 0 saturated heterocycles.